The Labute approximate surface area is 115 Å². The molecule has 1 aromatic rings. The zero-order chi connectivity index (χ0) is 13.8. The fourth-order valence-corrected chi connectivity index (χ4v) is 1.69. The van der Waals surface area contributed by atoms with Gasteiger partial charge in [-0.15, -0.1) is 0 Å². The summed E-state index contributed by atoms with van der Waals surface area (Å²) in [6, 6.07) is 9.68. The van der Waals surface area contributed by atoms with E-state index >= 15 is 0 Å². The first-order valence-corrected chi connectivity index (χ1v) is 6.98. The average molecular weight is 264 g/mol. The lowest BCUT2D eigenvalue weighted by Gasteiger charge is -2.07. The van der Waals surface area contributed by atoms with E-state index in [9.17, 15) is 4.79 Å². The van der Waals surface area contributed by atoms with Gasteiger partial charge in [0.2, 0.25) is 0 Å². The van der Waals surface area contributed by atoms with E-state index in [0.717, 1.165) is 37.9 Å². The summed E-state index contributed by atoms with van der Waals surface area (Å²) in [6.45, 7) is 5.18. The first kappa shape index (κ1) is 15.5. The molecule has 1 aromatic carbocycles. The van der Waals surface area contributed by atoms with Gasteiger partial charge in [0.05, 0.1) is 0 Å². The van der Waals surface area contributed by atoms with Crippen LogP contribution in [0.15, 0.2) is 30.3 Å². The van der Waals surface area contributed by atoms with E-state index in [1.165, 1.54) is 0 Å². The Morgan fingerprint density at radius 3 is 2.58 bits per heavy atom. The maximum absolute atomic E-state index is 11.4. The molecule has 1 rings (SSSR count). The van der Waals surface area contributed by atoms with Crippen LogP contribution in [0.5, 0.6) is 0 Å². The van der Waals surface area contributed by atoms with Crippen molar-refractivity contribution in [1.82, 2.24) is 10.6 Å². The van der Waals surface area contributed by atoms with Crippen LogP contribution in [0.25, 0.3) is 0 Å². The van der Waals surface area contributed by atoms with E-state index < -0.39 is 0 Å². The highest BCUT2D eigenvalue weighted by molar-refractivity contribution is 5.67. The molecule has 0 heterocycles. The summed E-state index contributed by atoms with van der Waals surface area (Å²) in [4.78, 5) is 11.4. The molecule has 1 amide bonds. The predicted molar refractivity (Wildman–Crippen MR) is 77.0 cm³/mol. The molecule has 0 aliphatic heterocycles. The zero-order valence-electron chi connectivity index (χ0n) is 11.7. The number of ether oxygens (including phenoxy) is 1. The Morgan fingerprint density at radius 2 is 1.84 bits per heavy atom. The Bertz CT molecular complexity index is 341. The first-order chi connectivity index (χ1) is 9.33. The summed E-state index contributed by atoms with van der Waals surface area (Å²) in [7, 11) is 0. The van der Waals surface area contributed by atoms with E-state index in [-0.39, 0.29) is 6.09 Å². The largest absolute Gasteiger partial charge is 0.445 e. The smallest absolute Gasteiger partial charge is 0.407 e. The second kappa shape index (κ2) is 10.4. The molecule has 0 fully saturated rings. The van der Waals surface area contributed by atoms with Crippen LogP contribution in [0.3, 0.4) is 0 Å². The Hall–Kier alpha value is -1.55. The number of alkyl carbamates (subject to hydrolysis) is 1. The maximum atomic E-state index is 11.4. The van der Waals surface area contributed by atoms with E-state index in [0.29, 0.717) is 13.2 Å². The molecule has 4 nitrogen and oxygen atoms in total. The van der Waals surface area contributed by atoms with Crippen molar-refractivity contribution in [2.75, 3.05) is 19.6 Å². The van der Waals surface area contributed by atoms with E-state index in [2.05, 4.69) is 17.6 Å². The van der Waals surface area contributed by atoms with E-state index in [1.807, 2.05) is 30.3 Å². The van der Waals surface area contributed by atoms with Gasteiger partial charge in [0, 0.05) is 6.54 Å². The van der Waals surface area contributed by atoms with Gasteiger partial charge in [-0.25, -0.2) is 4.79 Å². The highest BCUT2D eigenvalue weighted by atomic mass is 16.5. The molecule has 0 saturated carbocycles. The Morgan fingerprint density at radius 1 is 1.11 bits per heavy atom. The number of hydrogen-bond acceptors (Lipinski definition) is 3. The monoisotopic (exact) mass is 264 g/mol. The minimum atomic E-state index is -0.337. The van der Waals surface area contributed by atoms with Crippen LogP contribution < -0.4 is 10.6 Å². The third-order valence-corrected chi connectivity index (χ3v) is 2.76. The first-order valence-electron chi connectivity index (χ1n) is 6.98. The minimum Gasteiger partial charge on any atom is -0.445 e. The van der Waals surface area contributed by atoms with Crippen LogP contribution in [-0.4, -0.2) is 25.7 Å². The van der Waals surface area contributed by atoms with Crippen LogP contribution >= 0.6 is 0 Å². The molecule has 0 aromatic heterocycles. The molecule has 0 aliphatic carbocycles. The van der Waals surface area contributed by atoms with Gasteiger partial charge in [-0.2, -0.15) is 0 Å². The summed E-state index contributed by atoms with van der Waals surface area (Å²) in [5.74, 6) is 0. The van der Waals surface area contributed by atoms with Crippen LogP contribution in [-0.2, 0) is 11.3 Å². The maximum Gasteiger partial charge on any atom is 0.407 e. The van der Waals surface area contributed by atoms with Gasteiger partial charge >= 0.3 is 6.09 Å². The minimum absolute atomic E-state index is 0.326. The molecule has 4 heteroatoms. The summed E-state index contributed by atoms with van der Waals surface area (Å²) < 4.78 is 5.11. The predicted octanol–water partition coefficient (Wildman–Crippen LogP) is 2.69. The van der Waals surface area contributed by atoms with Crippen molar-refractivity contribution < 1.29 is 9.53 Å². The fraction of sp³-hybridized carbons (Fsp3) is 0.533. The third-order valence-electron chi connectivity index (χ3n) is 2.76. The van der Waals surface area contributed by atoms with Crippen molar-refractivity contribution >= 4 is 6.09 Å². The lowest BCUT2D eigenvalue weighted by Crippen LogP contribution is -2.25. The molecule has 0 atom stereocenters. The third kappa shape index (κ3) is 8.21. The van der Waals surface area contributed by atoms with Crippen molar-refractivity contribution in [2.24, 2.45) is 0 Å². The van der Waals surface area contributed by atoms with Gasteiger partial charge < -0.3 is 15.4 Å². The molecule has 0 spiro atoms. The van der Waals surface area contributed by atoms with Gasteiger partial charge in [-0.05, 0) is 31.5 Å². The van der Waals surface area contributed by atoms with Crippen molar-refractivity contribution in [3.63, 3.8) is 0 Å². The quantitative estimate of drug-likeness (QED) is 0.674. The number of carbonyl (C=O) groups is 1. The topological polar surface area (TPSA) is 50.4 Å². The van der Waals surface area contributed by atoms with E-state index in [1.54, 1.807) is 0 Å². The molecule has 0 radical (unpaired) electrons. The highest BCUT2D eigenvalue weighted by Gasteiger charge is 2.01. The number of benzene rings is 1. The van der Waals surface area contributed by atoms with Gasteiger partial charge in [-0.1, -0.05) is 43.7 Å². The molecule has 0 aliphatic rings. The molecule has 0 unspecified atom stereocenters. The summed E-state index contributed by atoms with van der Waals surface area (Å²) >= 11 is 0. The fourth-order valence-electron chi connectivity index (χ4n) is 1.69. The molecule has 2 N–H and O–H groups in total. The zero-order valence-corrected chi connectivity index (χ0v) is 11.7. The highest BCUT2D eigenvalue weighted by Crippen LogP contribution is 2.00. The molecule has 0 saturated heterocycles. The van der Waals surface area contributed by atoms with E-state index in [4.69, 9.17) is 4.74 Å². The van der Waals surface area contributed by atoms with Gasteiger partial charge in [0.1, 0.15) is 6.61 Å². The molecular formula is C15H24N2O2. The number of nitrogens with one attached hydrogen (secondary N) is 2. The average Bonchev–Trinajstić information content (AvgIpc) is 2.45. The normalized spacial score (nSPS) is 10.2. The summed E-state index contributed by atoms with van der Waals surface area (Å²) in [5.41, 5.74) is 1.00. The number of hydrogen-bond donors (Lipinski definition) is 2. The SMILES string of the molecule is CCNCCCCCNC(=O)OCc1ccccc1. The molecular weight excluding hydrogens is 240 g/mol. The lowest BCUT2D eigenvalue weighted by molar-refractivity contribution is 0.139. The van der Waals surface area contributed by atoms with Gasteiger partial charge in [0.15, 0.2) is 0 Å². The lowest BCUT2D eigenvalue weighted by atomic mass is 10.2. The second-order valence-electron chi connectivity index (χ2n) is 4.40. The van der Waals surface area contributed by atoms with Crippen molar-refractivity contribution in [3.8, 4) is 0 Å². The number of amides is 1. The van der Waals surface area contributed by atoms with Crippen molar-refractivity contribution in [3.05, 3.63) is 35.9 Å². The van der Waals surface area contributed by atoms with Crippen molar-refractivity contribution in [1.29, 1.82) is 0 Å². The van der Waals surface area contributed by atoms with Crippen LogP contribution in [0.1, 0.15) is 31.7 Å². The van der Waals surface area contributed by atoms with Crippen LogP contribution in [0.4, 0.5) is 4.79 Å². The number of carbonyl (C=O) groups excluding carboxylic acids is 1. The molecule has 106 valence electrons. The second-order valence-corrected chi connectivity index (χ2v) is 4.40. The number of rotatable bonds is 9. The van der Waals surface area contributed by atoms with Crippen LogP contribution in [0, 0.1) is 0 Å². The standard InChI is InChI=1S/C15H24N2O2/c1-2-16-11-7-4-8-12-17-15(18)19-13-14-9-5-3-6-10-14/h3,5-6,9-10,16H,2,4,7-8,11-13H2,1H3,(H,17,18). The summed E-state index contributed by atoms with van der Waals surface area (Å²) in [5, 5.41) is 6.04. The Kier molecular flexibility index (Phi) is 8.47. The molecule has 19 heavy (non-hydrogen) atoms. The Balaban J connectivity index is 1.96. The van der Waals surface area contributed by atoms with Crippen LogP contribution in [0.2, 0.25) is 0 Å². The summed E-state index contributed by atoms with van der Waals surface area (Å²) in [6.07, 6.45) is 2.92. The van der Waals surface area contributed by atoms with Crippen molar-refractivity contribution in [2.45, 2.75) is 32.8 Å². The van der Waals surface area contributed by atoms with Gasteiger partial charge in [0.25, 0.3) is 0 Å². The number of unbranched alkanes of at least 4 members (excludes halogenated alkanes) is 2. The molecule has 0 bridgehead atoms. The van der Waals surface area contributed by atoms with Gasteiger partial charge in [-0.3, -0.25) is 0 Å².